The first-order valence-corrected chi connectivity index (χ1v) is 9.36. The number of rotatable bonds is 4. The summed E-state index contributed by atoms with van der Waals surface area (Å²) in [5.74, 6) is 0. The van der Waals surface area contributed by atoms with Gasteiger partial charge < -0.3 is 14.9 Å². The van der Waals surface area contributed by atoms with Crippen molar-refractivity contribution < 1.29 is 14.9 Å². The third-order valence-electron chi connectivity index (χ3n) is 5.25. The molecule has 2 N–H and O–H groups in total. The Labute approximate surface area is 158 Å². The van der Waals surface area contributed by atoms with E-state index >= 15 is 0 Å². The van der Waals surface area contributed by atoms with Crippen LogP contribution in [0.4, 0.5) is 0 Å². The molecule has 2 heterocycles. The number of benzene rings is 2. The monoisotopic (exact) mass is 364 g/mol. The van der Waals surface area contributed by atoms with Gasteiger partial charge in [0.15, 0.2) is 0 Å². The van der Waals surface area contributed by atoms with Gasteiger partial charge in [-0.15, -0.1) is 0 Å². The summed E-state index contributed by atoms with van der Waals surface area (Å²) in [5, 5.41) is 19.5. The number of fused-ring (bicyclic) bond motifs is 1. The summed E-state index contributed by atoms with van der Waals surface area (Å²) in [7, 11) is 0. The Morgan fingerprint density at radius 2 is 1.85 bits per heavy atom. The molecule has 5 nitrogen and oxygen atoms in total. The van der Waals surface area contributed by atoms with Crippen LogP contribution in [0.5, 0.6) is 0 Å². The molecular formula is C22H24N2O3. The van der Waals surface area contributed by atoms with Gasteiger partial charge in [-0.1, -0.05) is 24.3 Å². The summed E-state index contributed by atoms with van der Waals surface area (Å²) in [6, 6.07) is 12.5. The lowest BCUT2D eigenvalue weighted by Crippen LogP contribution is -2.33. The Morgan fingerprint density at radius 1 is 1.04 bits per heavy atom. The molecule has 0 amide bonds. The number of aryl methyl sites for hydroxylation is 1. The van der Waals surface area contributed by atoms with Crippen LogP contribution in [0, 0.1) is 6.92 Å². The van der Waals surface area contributed by atoms with E-state index in [1.54, 1.807) is 12.4 Å². The zero-order chi connectivity index (χ0) is 18.8. The fourth-order valence-corrected chi connectivity index (χ4v) is 3.74. The van der Waals surface area contributed by atoms with E-state index < -0.39 is 6.10 Å². The van der Waals surface area contributed by atoms with Gasteiger partial charge in [0, 0.05) is 25.2 Å². The predicted molar refractivity (Wildman–Crippen MR) is 103 cm³/mol. The van der Waals surface area contributed by atoms with Crippen LogP contribution < -0.4 is 0 Å². The molecule has 1 aliphatic heterocycles. The van der Waals surface area contributed by atoms with Crippen molar-refractivity contribution in [2.24, 2.45) is 0 Å². The molecule has 0 bridgehead atoms. The normalized spacial score (nSPS) is 22.9. The second kappa shape index (κ2) is 7.72. The lowest BCUT2D eigenvalue weighted by molar-refractivity contribution is -0.113. The van der Waals surface area contributed by atoms with Crippen LogP contribution >= 0.6 is 0 Å². The number of hydrogen-bond donors (Lipinski definition) is 2. The first-order chi connectivity index (χ1) is 13.1. The molecule has 3 aromatic rings. The largest absolute Gasteiger partial charge is 0.394 e. The number of nitrogens with zero attached hydrogens (tertiary/aromatic N) is 2. The minimum absolute atomic E-state index is 0.0651. The molecule has 3 atom stereocenters. The van der Waals surface area contributed by atoms with Gasteiger partial charge in [-0.25, -0.2) is 0 Å². The molecule has 1 aliphatic rings. The van der Waals surface area contributed by atoms with Crippen LogP contribution in [-0.4, -0.2) is 39.0 Å². The first kappa shape index (κ1) is 18.0. The SMILES string of the molecule is Cc1ccc(C2CC(O)CC(CO)O2)cc1Cc1ccc2nccnc2c1. The molecule has 0 saturated carbocycles. The van der Waals surface area contributed by atoms with Crippen molar-refractivity contribution >= 4 is 11.0 Å². The highest BCUT2D eigenvalue weighted by Crippen LogP contribution is 2.32. The fourth-order valence-electron chi connectivity index (χ4n) is 3.74. The number of aliphatic hydroxyl groups excluding tert-OH is 2. The summed E-state index contributed by atoms with van der Waals surface area (Å²) < 4.78 is 5.97. The van der Waals surface area contributed by atoms with Crippen LogP contribution in [0.15, 0.2) is 48.8 Å². The number of aliphatic hydroxyl groups is 2. The molecule has 3 unspecified atom stereocenters. The molecule has 1 aromatic heterocycles. The van der Waals surface area contributed by atoms with Gasteiger partial charge >= 0.3 is 0 Å². The van der Waals surface area contributed by atoms with Gasteiger partial charge in [0.05, 0.1) is 36.0 Å². The molecule has 1 fully saturated rings. The zero-order valence-electron chi connectivity index (χ0n) is 15.4. The van der Waals surface area contributed by atoms with Gasteiger partial charge in [-0.3, -0.25) is 9.97 Å². The molecular weight excluding hydrogens is 340 g/mol. The highest BCUT2D eigenvalue weighted by molar-refractivity contribution is 5.74. The van der Waals surface area contributed by atoms with E-state index in [-0.39, 0.29) is 18.8 Å². The highest BCUT2D eigenvalue weighted by atomic mass is 16.5. The molecule has 4 rings (SSSR count). The Balaban J connectivity index is 1.60. The summed E-state index contributed by atoms with van der Waals surface area (Å²) in [6.45, 7) is 2.04. The maximum Gasteiger partial charge on any atom is 0.0889 e. The topological polar surface area (TPSA) is 75.5 Å². The van der Waals surface area contributed by atoms with E-state index in [9.17, 15) is 10.2 Å². The average Bonchev–Trinajstić information content (AvgIpc) is 2.69. The van der Waals surface area contributed by atoms with Gasteiger partial charge in [0.1, 0.15) is 0 Å². The molecule has 27 heavy (non-hydrogen) atoms. The summed E-state index contributed by atoms with van der Waals surface area (Å²) in [6.07, 6.45) is 4.33. The zero-order valence-corrected chi connectivity index (χ0v) is 15.4. The second-order valence-corrected chi connectivity index (χ2v) is 7.30. The Morgan fingerprint density at radius 3 is 2.67 bits per heavy atom. The predicted octanol–water partition coefficient (Wildman–Crippen LogP) is 3.10. The van der Waals surface area contributed by atoms with Gasteiger partial charge in [-0.05, 0) is 47.7 Å². The van der Waals surface area contributed by atoms with Crippen molar-refractivity contribution in [1.29, 1.82) is 0 Å². The number of hydrogen-bond acceptors (Lipinski definition) is 5. The van der Waals surface area contributed by atoms with Crippen LogP contribution in [0.1, 0.15) is 41.2 Å². The quantitative estimate of drug-likeness (QED) is 0.744. The van der Waals surface area contributed by atoms with E-state index in [4.69, 9.17) is 4.74 Å². The molecule has 0 spiro atoms. The maximum absolute atomic E-state index is 10.1. The molecule has 0 aliphatic carbocycles. The third kappa shape index (κ3) is 4.00. The van der Waals surface area contributed by atoms with E-state index in [2.05, 4.69) is 47.2 Å². The standard InChI is InChI=1S/C22H24N2O3/c1-14-2-4-16(22-12-18(26)11-19(13-25)27-22)10-17(14)8-15-3-5-20-21(9-15)24-7-6-23-20/h2-7,9-10,18-19,22,25-26H,8,11-13H2,1H3. The highest BCUT2D eigenvalue weighted by Gasteiger charge is 2.29. The summed E-state index contributed by atoms with van der Waals surface area (Å²) in [4.78, 5) is 8.71. The van der Waals surface area contributed by atoms with Crippen LogP contribution in [-0.2, 0) is 11.2 Å². The van der Waals surface area contributed by atoms with Crippen LogP contribution in [0.2, 0.25) is 0 Å². The Kier molecular flexibility index (Phi) is 5.16. The van der Waals surface area contributed by atoms with Crippen molar-refractivity contribution in [3.63, 3.8) is 0 Å². The summed E-state index contributed by atoms with van der Waals surface area (Å²) in [5.41, 5.74) is 6.46. The minimum Gasteiger partial charge on any atom is -0.394 e. The summed E-state index contributed by atoms with van der Waals surface area (Å²) >= 11 is 0. The van der Waals surface area contributed by atoms with Crippen LogP contribution in [0.3, 0.4) is 0 Å². The van der Waals surface area contributed by atoms with Crippen molar-refractivity contribution in [3.8, 4) is 0 Å². The smallest absolute Gasteiger partial charge is 0.0889 e. The van der Waals surface area contributed by atoms with Crippen molar-refractivity contribution in [3.05, 3.63) is 71.0 Å². The van der Waals surface area contributed by atoms with Crippen LogP contribution in [0.25, 0.3) is 11.0 Å². The molecule has 1 saturated heterocycles. The third-order valence-corrected chi connectivity index (χ3v) is 5.25. The molecule has 0 radical (unpaired) electrons. The fraction of sp³-hybridized carbons (Fsp3) is 0.364. The minimum atomic E-state index is -0.440. The van der Waals surface area contributed by atoms with Crippen molar-refractivity contribution in [2.45, 2.75) is 44.5 Å². The van der Waals surface area contributed by atoms with E-state index in [0.29, 0.717) is 12.8 Å². The van der Waals surface area contributed by atoms with E-state index in [1.807, 2.05) is 6.07 Å². The van der Waals surface area contributed by atoms with Gasteiger partial charge in [0.2, 0.25) is 0 Å². The van der Waals surface area contributed by atoms with Crippen molar-refractivity contribution in [2.75, 3.05) is 6.61 Å². The Hall–Kier alpha value is -2.34. The lowest BCUT2D eigenvalue weighted by Gasteiger charge is -2.32. The van der Waals surface area contributed by atoms with E-state index in [0.717, 1.165) is 23.0 Å². The average molecular weight is 364 g/mol. The van der Waals surface area contributed by atoms with Crippen molar-refractivity contribution in [1.82, 2.24) is 9.97 Å². The molecule has 5 heteroatoms. The number of aromatic nitrogens is 2. The molecule has 2 aromatic carbocycles. The van der Waals surface area contributed by atoms with E-state index in [1.165, 1.54) is 16.7 Å². The maximum atomic E-state index is 10.1. The Bertz CT molecular complexity index is 944. The van der Waals surface area contributed by atoms with Gasteiger partial charge in [0.25, 0.3) is 0 Å². The van der Waals surface area contributed by atoms with Gasteiger partial charge in [-0.2, -0.15) is 0 Å². The second-order valence-electron chi connectivity index (χ2n) is 7.30. The first-order valence-electron chi connectivity index (χ1n) is 9.36. The lowest BCUT2D eigenvalue weighted by atomic mass is 9.92. The number of ether oxygens (including phenoxy) is 1. The molecule has 140 valence electrons.